The number of nitrogen functional groups attached to an aromatic ring is 1. The summed E-state index contributed by atoms with van der Waals surface area (Å²) in [7, 11) is 0. The number of amides is 1. The fraction of sp³-hybridized carbons (Fsp3) is 0.462. The highest BCUT2D eigenvalue weighted by atomic mass is 19.1. The third-order valence-corrected chi connectivity index (χ3v) is 3.21. The highest BCUT2D eigenvalue weighted by molar-refractivity contribution is 5.95. The second kappa shape index (κ2) is 5.17. The molecule has 0 aliphatic carbocycles. The Bertz CT molecular complexity index is 414. The number of nitrogens with two attached hydrogens (primary N) is 1. The minimum atomic E-state index is -0.550. The van der Waals surface area contributed by atoms with Crippen LogP contribution < -0.4 is 11.1 Å². The molecule has 4 heteroatoms. The molecule has 0 atom stereocenters. The maximum atomic E-state index is 13.5. The molecule has 1 aromatic carbocycles. The zero-order chi connectivity index (χ0) is 13.1. The minimum absolute atomic E-state index is 0.00174. The predicted molar refractivity (Wildman–Crippen MR) is 67.3 cm³/mol. The van der Waals surface area contributed by atoms with Crippen molar-refractivity contribution in [1.82, 2.24) is 5.32 Å². The van der Waals surface area contributed by atoms with Gasteiger partial charge in [-0.25, -0.2) is 4.39 Å². The van der Waals surface area contributed by atoms with Gasteiger partial charge in [0.05, 0.1) is 5.56 Å². The molecule has 94 valence electrons. The normalized spacial score (nSPS) is 11.3. The summed E-state index contributed by atoms with van der Waals surface area (Å²) in [6.45, 7) is 5.91. The van der Waals surface area contributed by atoms with E-state index in [2.05, 4.69) is 5.32 Å². The van der Waals surface area contributed by atoms with E-state index in [1.165, 1.54) is 18.2 Å². The van der Waals surface area contributed by atoms with E-state index in [1.54, 1.807) is 0 Å². The molecule has 17 heavy (non-hydrogen) atoms. The molecule has 0 radical (unpaired) electrons. The Morgan fingerprint density at radius 1 is 1.41 bits per heavy atom. The Morgan fingerprint density at radius 2 is 2.00 bits per heavy atom. The standard InChI is InChI=1S/C13H19FN2O/c1-4-13(3,5-2)16-12(17)10-8-9(15)6-7-11(10)14/h6-8H,4-5,15H2,1-3H3,(H,16,17). The molecule has 0 spiro atoms. The number of hydrogen-bond acceptors (Lipinski definition) is 2. The second-order valence-electron chi connectivity index (χ2n) is 4.46. The van der Waals surface area contributed by atoms with Crippen molar-refractivity contribution < 1.29 is 9.18 Å². The molecule has 0 aliphatic rings. The molecule has 1 aromatic rings. The van der Waals surface area contributed by atoms with E-state index in [0.29, 0.717) is 5.69 Å². The van der Waals surface area contributed by atoms with Crippen molar-refractivity contribution in [3.8, 4) is 0 Å². The summed E-state index contributed by atoms with van der Waals surface area (Å²) in [4.78, 5) is 11.9. The molecule has 0 saturated heterocycles. The van der Waals surface area contributed by atoms with Crippen molar-refractivity contribution >= 4 is 11.6 Å². The SMILES string of the molecule is CCC(C)(CC)NC(=O)c1cc(N)ccc1F. The largest absolute Gasteiger partial charge is 0.399 e. The lowest BCUT2D eigenvalue weighted by Gasteiger charge is -2.28. The maximum absolute atomic E-state index is 13.5. The van der Waals surface area contributed by atoms with Crippen LogP contribution in [-0.2, 0) is 0 Å². The van der Waals surface area contributed by atoms with Crippen molar-refractivity contribution in [2.24, 2.45) is 0 Å². The number of rotatable bonds is 4. The van der Waals surface area contributed by atoms with Gasteiger partial charge in [0.2, 0.25) is 0 Å². The van der Waals surface area contributed by atoms with Gasteiger partial charge in [-0.3, -0.25) is 4.79 Å². The Morgan fingerprint density at radius 3 is 2.53 bits per heavy atom. The van der Waals surface area contributed by atoms with Crippen LogP contribution in [0.2, 0.25) is 0 Å². The smallest absolute Gasteiger partial charge is 0.254 e. The highest BCUT2D eigenvalue weighted by Crippen LogP contribution is 2.17. The summed E-state index contributed by atoms with van der Waals surface area (Å²) in [6.07, 6.45) is 1.58. The summed E-state index contributed by atoms with van der Waals surface area (Å²) in [5.41, 5.74) is 5.62. The molecule has 3 nitrogen and oxygen atoms in total. The van der Waals surface area contributed by atoms with Crippen LogP contribution in [0.15, 0.2) is 18.2 Å². The first-order valence-electron chi connectivity index (χ1n) is 5.79. The zero-order valence-electron chi connectivity index (χ0n) is 10.5. The summed E-state index contributed by atoms with van der Waals surface area (Å²) in [5.74, 6) is -0.966. The quantitative estimate of drug-likeness (QED) is 0.792. The Kier molecular flexibility index (Phi) is 4.10. The first-order chi connectivity index (χ1) is 7.91. The minimum Gasteiger partial charge on any atom is -0.399 e. The Hall–Kier alpha value is -1.58. The van der Waals surface area contributed by atoms with E-state index >= 15 is 0 Å². The third kappa shape index (κ3) is 3.19. The van der Waals surface area contributed by atoms with Crippen LogP contribution in [0.5, 0.6) is 0 Å². The number of nitrogens with one attached hydrogen (secondary N) is 1. The van der Waals surface area contributed by atoms with Gasteiger partial charge in [0.25, 0.3) is 5.91 Å². The molecule has 0 saturated carbocycles. The number of halogens is 1. The number of anilines is 1. The lowest BCUT2D eigenvalue weighted by atomic mass is 9.95. The van der Waals surface area contributed by atoms with E-state index in [0.717, 1.165) is 12.8 Å². The molecule has 1 rings (SSSR count). The van der Waals surface area contributed by atoms with Crippen molar-refractivity contribution in [1.29, 1.82) is 0 Å². The number of hydrogen-bond donors (Lipinski definition) is 2. The van der Waals surface area contributed by atoms with Crippen molar-refractivity contribution in [3.63, 3.8) is 0 Å². The summed E-state index contributed by atoms with van der Waals surface area (Å²) >= 11 is 0. The van der Waals surface area contributed by atoms with Gasteiger partial charge in [-0.15, -0.1) is 0 Å². The monoisotopic (exact) mass is 238 g/mol. The first-order valence-corrected chi connectivity index (χ1v) is 5.79. The lowest BCUT2D eigenvalue weighted by Crippen LogP contribution is -2.45. The van der Waals surface area contributed by atoms with Gasteiger partial charge in [0.15, 0.2) is 0 Å². The van der Waals surface area contributed by atoms with E-state index in [-0.39, 0.29) is 11.1 Å². The van der Waals surface area contributed by atoms with Crippen LogP contribution in [-0.4, -0.2) is 11.4 Å². The van der Waals surface area contributed by atoms with Gasteiger partial charge in [0, 0.05) is 11.2 Å². The maximum Gasteiger partial charge on any atom is 0.254 e. The molecular weight excluding hydrogens is 219 g/mol. The molecule has 0 fully saturated rings. The second-order valence-corrected chi connectivity index (χ2v) is 4.46. The van der Waals surface area contributed by atoms with E-state index in [4.69, 9.17) is 5.73 Å². The van der Waals surface area contributed by atoms with Crippen molar-refractivity contribution in [2.45, 2.75) is 39.2 Å². The molecule has 0 heterocycles. The molecule has 1 amide bonds. The van der Waals surface area contributed by atoms with Gasteiger partial charge >= 0.3 is 0 Å². The molecule has 0 aromatic heterocycles. The zero-order valence-corrected chi connectivity index (χ0v) is 10.5. The van der Waals surface area contributed by atoms with Crippen LogP contribution in [0.4, 0.5) is 10.1 Å². The predicted octanol–water partition coefficient (Wildman–Crippen LogP) is 2.72. The van der Waals surface area contributed by atoms with E-state index in [9.17, 15) is 9.18 Å². The average molecular weight is 238 g/mol. The molecule has 0 bridgehead atoms. The highest BCUT2D eigenvalue weighted by Gasteiger charge is 2.24. The van der Waals surface area contributed by atoms with Crippen molar-refractivity contribution in [3.05, 3.63) is 29.6 Å². The van der Waals surface area contributed by atoms with Gasteiger partial charge in [-0.2, -0.15) is 0 Å². The summed E-state index contributed by atoms with van der Waals surface area (Å²) in [5, 5.41) is 2.84. The fourth-order valence-electron chi connectivity index (χ4n) is 1.49. The molecular formula is C13H19FN2O. The van der Waals surface area contributed by atoms with E-state index < -0.39 is 11.7 Å². The van der Waals surface area contributed by atoms with Gasteiger partial charge in [0.1, 0.15) is 5.82 Å². The molecule has 0 aliphatic heterocycles. The third-order valence-electron chi connectivity index (χ3n) is 3.21. The number of carbonyl (C=O) groups excluding carboxylic acids is 1. The van der Waals surface area contributed by atoms with Crippen LogP contribution in [0.25, 0.3) is 0 Å². The Balaban J connectivity index is 2.94. The van der Waals surface area contributed by atoms with Crippen LogP contribution in [0.1, 0.15) is 44.0 Å². The summed E-state index contributed by atoms with van der Waals surface area (Å²) in [6, 6.07) is 4.00. The Labute approximate surface area is 101 Å². The fourth-order valence-corrected chi connectivity index (χ4v) is 1.49. The topological polar surface area (TPSA) is 55.1 Å². The van der Waals surface area contributed by atoms with Crippen molar-refractivity contribution in [2.75, 3.05) is 5.73 Å². The summed E-state index contributed by atoms with van der Waals surface area (Å²) < 4.78 is 13.5. The number of carbonyl (C=O) groups is 1. The van der Waals surface area contributed by atoms with E-state index in [1.807, 2.05) is 20.8 Å². The first kappa shape index (κ1) is 13.5. The van der Waals surface area contributed by atoms with Gasteiger partial charge in [-0.05, 0) is 38.0 Å². The van der Waals surface area contributed by atoms with Crippen LogP contribution >= 0.6 is 0 Å². The lowest BCUT2D eigenvalue weighted by molar-refractivity contribution is 0.0897. The molecule has 0 unspecified atom stereocenters. The van der Waals surface area contributed by atoms with Crippen LogP contribution in [0, 0.1) is 5.82 Å². The van der Waals surface area contributed by atoms with Gasteiger partial charge < -0.3 is 11.1 Å². The van der Waals surface area contributed by atoms with Crippen LogP contribution in [0.3, 0.4) is 0 Å². The average Bonchev–Trinajstić information content (AvgIpc) is 2.32. The number of benzene rings is 1. The van der Waals surface area contributed by atoms with Gasteiger partial charge in [-0.1, -0.05) is 13.8 Å². The molecule has 3 N–H and O–H groups in total.